The summed E-state index contributed by atoms with van der Waals surface area (Å²) in [5, 5.41) is 6.05. The first-order valence-corrected chi connectivity index (χ1v) is 7.60. The summed E-state index contributed by atoms with van der Waals surface area (Å²) in [4.78, 5) is 14.0. The molecule has 0 spiro atoms. The number of carbonyl (C=O) groups excluding carboxylic acids is 1. The molecule has 23 heavy (non-hydrogen) atoms. The van der Waals surface area contributed by atoms with Crippen molar-refractivity contribution in [2.45, 2.75) is 26.4 Å². The van der Waals surface area contributed by atoms with Gasteiger partial charge in [-0.25, -0.2) is 0 Å². The first-order chi connectivity index (χ1) is 11.0. The highest BCUT2D eigenvalue weighted by Gasteiger charge is 2.12. The zero-order chi connectivity index (χ0) is 17.4. The van der Waals surface area contributed by atoms with Crippen molar-refractivity contribution in [3.05, 3.63) is 10.4 Å². The topological polar surface area (TPSA) is 115 Å². The van der Waals surface area contributed by atoms with Crippen LogP contribution in [0.2, 0.25) is 0 Å². The van der Waals surface area contributed by atoms with E-state index >= 15 is 0 Å². The van der Waals surface area contributed by atoms with Gasteiger partial charge in [0.15, 0.2) is 0 Å². The third-order valence-electron chi connectivity index (χ3n) is 2.35. The molecule has 0 saturated heterocycles. The van der Waals surface area contributed by atoms with E-state index in [9.17, 15) is 4.79 Å². The van der Waals surface area contributed by atoms with Gasteiger partial charge in [0.05, 0.1) is 45.2 Å². The van der Waals surface area contributed by atoms with Gasteiger partial charge in [-0.3, -0.25) is 4.79 Å². The SMILES string of the molecule is CC(C)(C)OCC(=O)NCCOCCOCCOCCN=[N+]=[N-]. The Hall–Kier alpha value is -1.38. The van der Waals surface area contributed by atoms with Crippen LogP contribution in [0.25, 0.3) is 10.4 Å². The molecule has 0 aromatic carbocycles. The van der Waals surface area contributed by atoms with E-state index in [4.69, 9.17) is 24.5 Å². The smallest absolute Gasteiger partial charge is 0.246 e. The maximum atomic E-state index is 11.4. The lowest BCUT2D eigenvalue weighted by Gasteiger charge is -2.18. The van der Waals surface area contributed by atoms with Crippen molar-refractivity contribution >= 4 is 5.91 Å². The Balaban J connectivity index is 3.21. The predicted molar refractivity (Wildman–Crippen MR) is 85.2 cm³/mol. The Labute approximate surface area is 137 Å². The van der Waals surface area contributed by atoms with Gasteiger partial charge in [0.1, 0.15) is 6.61 Å². The van der Waals surface area contributed by atoms with Crippen molar-refractivity contribution in [2.75, 3.05) is 59.3 Å². The summed E-state index contributed by atoms with van der Waals surface area (Å²) in [5.41, 5.74) is 7.73. The molecule has 0 bridgehead atoms. The molecule has 0 aliphatic rings. The Morgan fingerprint density at radius 3 is 2.17 bits per heavy atom. The van der Waals surface area contributed by atoms with Crippen LogP contribution in [0.4, 0.5) is 0 Å². The minimum absolute atomic E-state index is 0.0479. The monoisotopic (exact) mass is 332 g/mol. The number of nitrogens with zero attached hydrogens (tertiary/aromatic N) is 3. The van der Waals surface area contributed by atoms with E-state index in [0.29, 0.717) is 52.7 Å². The molecule has 0 aromatic heterocycles. The second-order valence-electron chi connectivity index (χ2n) is 5.54. The molecule has 0 aromatic rings. The summed E-state index contributed by atoms with van der Waals surface area (Å²) >= 11 is 0. The van der Waals surface area contributed by atoms with Gasteiger partial charge in [0.2, 0.25) is 5.91 Å². The number of carbonyl (C=O) groups is 1. The molecule has 0 aliphatic carbocycles. The van der Waals surface area contributed by atoms with Crippen molar-refractivity contribution < 1.29 is 23.7 Å². The van der Waals surface area contributed by atoms with E-state index < -0.39 is 0 Å². The molecule has 9 heteroatoms. The van der Waals surface area contributed by atoms with Crippen LogP contribution in [0.1, 0.15) is 20.8 Å². The largest absolute Gasteiger partial charge is 0.379 e. The minimum Gasteiger partial charge on any atom is -0.379 e. The van der Waals surface area contributed by atoms with Gasteiger partial charge < -0.3 is 24.3 Å². The lowest BCUT2D eigenvalue weighted by atomic mass is 10.2. The molecule has 134 valence electrons. The van der Waals surface area contributed by atoms with Gasteiger partial charge in [-0.05, 0) is 26.3 Å². The van der Waals surface area contributed by atoms with Gasteiger partial charge >= 0.3 is 0 Å². The maximum absolute atomic E-state index is 11.4. The average molecular weight is 332 g/mol. The number of rotatable bonds is 14. The summed E-state index contributed by atoms with van der Waals surface area (Å²) < 4.78 is 21.1. The lowest BCUT2D eigenvalue weighted by molar-refractivity contribution is -0.130. The fourth-order valence-electron chi connectivity index (χ4n) is 1.29. The fourth-order valence-corrected chi connectivity index (χ4v) is 1.29. The lowest BCUT2D eigenvalue weighted by Crippen LogP contribution is -2.34. The second kappa shape index (κ2) is 14.2. The first kappa shape index (κ1) is 21.6. The van der Waals surface area contributed by atoms with Crippen molar-refractivity contribution in [3.8, 4) is 0 Å². The van der Waals surface area contributed by atoms with Crippen molar-refractivity contribution in [1.29, 1.82) is 0 Å². The summed E-state index contributed by atoms with van der Waals surface area (Å²) in [6.45, 7) is 9.14. The highest BCUT2D eigenvalue weighted by Crippen LogP contribution is 2.05. The van der Waals surface area contributed by atoms with Crippen LogP contribution in [0.5, 0.6) is 0 Å². The van der Waals surface area contributed by atoms with Crippen LogP contribution in [0.3, 0.4) is 0 Å². The quantitative estimate of drug-likeness (QED) is 0.223. The van der Waals surface area contributed by atoms with Crippen LogP contribution >= 0.6 is 0 Å². The molecule has 0 aliphatic heterocycles. The van der Waals surface area contributed by atoms with Gasteiger partial charge in [-0.1, -0.05) is 5.11 Å². The van der Waals surface area contributed by atoms with Crippen LogP contribution < -0.4 is 5.32 Å². The van der Waals surface area contributed by atoms with Gasteiger partial charge in [-0.15, -0.1) is 0 Å². The van der Waals surface area contributed by atoms with Crippen LogP contribution in [-0.4, -0.2) is 70.8 Å². The fraction of sp³-hybridized carbons (Fsp3) is 0.929. The number of ether oxygens (including phenoxy) is 4. The molecule has 0 atom stereocenters. The molecular weight excluding hydrogens is 304 g/mol. The molecule has 1 N–H and O–H groups in total. The molecule has 0 unspecified atom stereocenters. The minimum atomic E-state index is -0.322. The Kier molecular flexibility index (Phi) is 13.4. The molecule has 0 rings (SSSR count). The normalized spacial score (nSPS) is 11.1. The van der Waals surface area contributed by atoms with E-state index in [1.807, 2.05) is 20.8 Å². The Morgan fingerprint density at radius 2 is 1.61 bits per heavy atom. The number of amides is 1. The molecular formula is C14H28N4O5. The summed E-state index contributed by atoms with van der Waals surface area (Å²) in [5.74, 6) is -0.155. The highest BCUT2D eigenvalue weighted by atomic mass is 16.5. The zero-order valence-electron chi connectivity index (χ0n) is 14.2. The van der Waals surface area contributed by atoms with Gasteiger partial charge in [0, 0.05) is 18.0 Å². The molecule has 0 radical (unpaired) electrons. The molecule has 0 saturated carbocycles. The standard InChI is InChI=1S/C14H28N4O5/c1-14(2,3)23-12-13(19)16-4-6-20-8-10-22-11-9-21-7-5-17-18-15/h4-12H2,1-3H3,(H,16,19). The van der Waals surface area contributed by atoms with E-state index in [1.54, 1.807) is 0 Å². The highest BCUT2D eigenvalue weighted by molar-refractivity contribution is 5.77. The molecule has 1 amide bonds. The van der Waals surface area contributed by atoms with Crippen molar-refractivity contribution in [2.24, 2.45) is 5.11 Å². The van der Waals surface area contributed by atoms with Gasteiger partial charge in [0.25, 0.3) is 0 Å². The van der Waals surface area contributed by atoms with E-state index in [0.717, 1.165) is 0 Å². The number of nitrogens with one attached hydrogen (secondary N) is 1. The van der Waals surface area contributed by atoms with E-state index in [1.165, 1.54) is 0 Å². The summed E-state index contributed by atoms with van der Waals surface area (Å²) in [6, 6.07) is 0. The van der Waals surface area contributed by atoms with Crippen LogP contribution in [0.15, 0.2) is 5.11 Å². The maximum Gasteiger partial charge on any atom is 0.246 e. The summed E-state index contributed by atoms with van der Waals surface area (Å²) in [6.07, 6.45) is 0. The molecule has 9 nitrogen and oxygen atoms in total. The van der Waals surface area contributed by atoms with E-state index in [2.05, 4.69) is 15.3 Å². The predicted octanol–water partition coefficient (Wildman–Crippen LogP) is 1.28. The zero-order valence-corrected chi connectivity index (χ0v) is 14.2. The molecule has 0 fully saturated rings. The van der Waals surface area contributed by atoms with Gasteiger partial charge in [-0.2, -0.15) is 0 Å². The number of azide groups is 1. The third kappa shape index (κ3) is 18.6. The molecule has 0 heterocycles. The summed E-state index contributed by atoms with van der Waals surface area (Å²) in [7, 11) is 0. The van der Waals surface area contributed by atoms with Crippen molar-refractivity contribution in [3.63, 3.8) is 0 Å². The number of hydrogen-bond acceptors (Lipinski definition) is 6. The third-order valence-corrected chi connectivity index (χ3v) is 2.35. The van der Waals surface area contributed by atoms with E-state index in [-0.39, 0.29) is 18.1 Å². The Morgan fingerprint density at radius 1 is 1.04 bits per heavy atom. The van der Waals surface area contributed by atoms with Crippen molar-refractivity contribution in [1.82, 2.24) is 5.32 Å². The number of hydrogen-bond donors (Lipinski definition) is 1. The first-order valence-electron chi connectivity index (χ1n) is 7.60. The average Bonchev–Trinajstić information content (AvgIpc) is 2.49. The van der Waals surface area contributed by atoms with Crippen LogP contribution in [0, 0.1) is 0 Å². The second-order valence-corrected chi connectivity index (χ2v) is 5.54. The van der Waals surface area contributed by atoms with Crippen LogP contribution in [-0.2, 0) is 23.7 Å². The Bertz CT molecular complexity index is 354.